The summed E-state index contributed by atoms with van der Waals surface area (Å²) < 4.78 is 5.35. The Kier molecular flexibility index (Phi) is 5.26. The average molecular weight is 384 g/mol. The van der Waals surface area contributed by atoms with E-state index in [1.165, 1.54) is 11.8 Å². The molecule has 7 nitrogen and oxygen atoms in total. The van der Waals surface area contributed by atoms with Gasteiger partial charge in [0.25, 0.3) is 5.91 Å². The Morgan fingerprint density at radius 2 is 2.11 bits per heavy atom. The second kappa shape index (κ2) is 7.98. The lowest BCUT2D eigenvalue weighted by Gasteiger charge is -2.27. The highest BCUT2D eigenvalue weighted by Gasteiger charge is 2.17. The number of benzene rings is 1. The second-order valence-corrected chi connectivity index (χ2v) is 7.37. The van der Waals surface area contributed by atoms with Gasteiger partial charge < -0.3 is 20.3 Å². The topological polar surface area (TPSA) is 83.6 Å². The van der Waals surface area contributed by atoms with Crippen molar-refractivity contribution in [3.05, 3.63) is 47.7 Å². The molecule has 3 heterocycles. The highest BCUT2D eigenvalue weighted by Crippen LogP contribution is 2.31. The van der Waals surface area contributed by atoms with Gasteiger partial charge in [-0.25, -0.2) is 4.98 Å². The van der Waals surface area contributed by atoms with Crippen LogP contribution in [0.4, 0.5) is 11.5 Å². The number of carbonyl (C=O) groups is 2. The quantitative estimate of drug-likeness (QED) is 0.838. The van der Waals surface area contributed by atoms with E-state index in [0.29, 0.717) is 23.5 Å². The first-order chi connectivity index (χ1) is 13.2. The molecule has 0 atom stereocenters. The molecule has 0 bridgehead atoms. The van der Waals surface area contributed by atoms with Crippen LogP contribution in [-0.2, 0) is 16.1 Å². The molecule has 140 valence electrons. The summed E-state index contributed by atoms with van der Waals surface area (Å²) in [6, 6.07) is 9.31. The largest absolute Gasteiger partial charge is 0.378 e. The summed E-state index contributed by atoms with van der Waals surface area (Å²) in [5.41, 5.74) is 2.15. The van der Waals surface area contributed by atoms with Crippen molar-refractivity contribution in [3.63, 3.8) is 0 Å². The van der Waals surface area contributed by atoms with E-state index in [1.807, 2.05) is 18.2 Å². The number of pyridine rings is 1. The summed E-state index contributed by atoms with van der Waals surface area (Å²) in [7, 11) is 0. The van der Waals surface area contributed by atoms with E-state index in [-0.39, 0.29) is 11.8 Å². The second-order valence-electron chi connectivity index (χ2n) is 6.35. The molecule has 27 heavy (non-hydrogen) atoms. The van der Waals surface area contributed by atoms with Crippen LogP contribution in [0, 0.1) is 0 Å². The van der Waals surface area contributed by atoms with Gasteiger partial charge in [-0.3, -0.25) is 9.59 Å². The third-order valence-electron chi connectivity index (χ3n) is 4.47. The summed E-state index contributed by atoms with van der Waals surface area (Å²) in [6.45, 7) is 3.53. The van der Waals surface area contributed by atoms with Gasteiger partial charge in [0, 0.05) is 36.3 Å². The Labute approximate surface area is 161 Å². The zero-order valence-electron chi connectivity index (χ0n) is 14.7. The summed E-state index contributed by atoms with van der Waals surface area (Å²) in [5, 5.41) is 5.70. The predicted octanol–water partition coefficient (Wildman–Crippen LogP) is 1.89. The number of morpholine rings is 1. The number of fused-ring (bicyclic) bond motifs is 1. The molecular weight excluding hydrogens is 364 g/mol. The molecule has 2 N–H and O–H groups in total. The van der Waals surface area contributed by atoms with Gasteiger partial charge >= 0.3 is 0 Å². The van der Waals surface area contributed by atoms with Crippen LogP contribution >= 0.6 is 11.8 Å². The van der Waals surface area contributed by atoms with Crippen molar-refractivity contribution in [3.8, 4) is 0 Å². The van der Waals surface area contributed by atoms with Gasteiger partial charge in [0.15, 0.2) is 0 Å². The van der Waals surface area contributed by atoms with Crippen LogP contribution in [0.15, 0.2) is 41.4 Å². The van der Waals surface area contributed by atoms with Crippen LogP contribution in [0.1, 0.15) is 15.9 Å². The minimum absolute atomic E-state index is 0.0449. The lowest BCUT2D eigenvalue weighted by atomic mass is 10.1. The van der Waals surface area contributed by atoms with E-state index < -0.39 is 0 Å². The molecule has 0 unspecified atom stereocenters. The number of hydrogen-bond donors (Lipinski definition) is 2. The van der Waals surface area contributed by atoms with Crippen molar-refractivity contribution in [2.24, 2.45) is 0 Å². The molecule has 2 aromatic rings. The maximum absolute atomic E-state index is 12.4. The molecule has 0 saturated carbocycles. The molecule has 0 spiro atoms. The van der Waals surface area contributed by atoms with Crippen LogP contribution < -0.4 is 15.5 Å². The van der Waals surface area contributed by atoms with Crippen molar-refractivity contribution < 1.29 is 14.3 Å². The fourth-order valence-electron chi connectivity index (χ4n) is 3.01. The number of nitrogens with zero attached hydrogens (tertiary/aromatic N) is 2. The number of hydrogen-bond acceptors (Lipinski definition) is 6. The molecule has 1 aromatic heterocycles. The Morgan fingerprint density at radius 3 is 2.89 bits per heavy atom. The molecule has 2 amide bonds. The third-order valence-corrected chi connectivity index (χ3v) is 5.55. The van der Waals surface area contributed by atoms with Crippen LogP contribution in [0.5, 0.6) is 0 Å². The number of anilines is 2. The fourth-order valence-corrected chi connectivity index (χ4v) is 3.80. The Bertz CT molecular complexity index is 851. The summed E-state index contributed by atoms with van der Waals surface area (Å²) in [6.07, 6.45) is 1.79. The Morgan fingerprint density at radius 1 is 1.26 bits per heavy atom. The van der Waals surface area contributed by atoms with E-state index in [4.69, 9.17) is 4.74 Å². The highest BCUT2D eigenvalue weighted by atomic mass is 32.2. The molecule has 8 heteroatoms. The van der Waals surface area contributed by atoms with Gasteiger partial charge in [0.2, 0.25) is 5.91 Å². The number of rotatable bonds is 4. The van der Waals surface area contributed by atoms with Gasteiger partial charge in [0.05, 0.1) is 24.7 Å². The fraction of sp³-hybridized carbons (Fsp3) is 0.316. The van der Waals surface area contributed by atoms with Crippen molar-refractivity contribution in [1.82, 2.24) is 10.3 Å². The number of nitrogens with one attached hydrogen (secondary N) is 2. The van der Waals surface area contributed by atoms with Crippen LogP contribution in [0.2, 0.25) is 0 Å². The summed E-state index contributed by atoms with van der Waals surface area (Å²) >= 11 is 1.48. The lowest BCUT2D eigenvalue weighted by Crippen LogP contribution is -2.36. The van der Waals surface area contributed by atoms with Gasteiger partial charge in [-0.2, -0.15) is 0 Å². The van der Waals surface area contributed by atoms with Crippen molar-refractivity contribution in [2.45, 2.75) is 11.4 Å². The molecule has 1 aromatic carbocycles. The SMILES string of the molecule is O=C1CSc2ccc(C(=O)NCc3ccc(N4CCOCC4)nc3)cc2N1. The first-order valence-electron chi connectivity index (χ1n) is 8.81. The number of aromatic nitrogens is 1. The molecule has 4 rings (SSSR count). The van der Waals surface area contributed by atoms with Gasteiger partial charge in [-0.15, -0.1) is 11.8 Å². The smallest absolute Gasteiger partial charge is 0.251 e. The first-order valence-corrected chi connectivity index (χ1v) is 9.80. The summed E-state index contributed by atoms with van der Waals surface area (Å²) in [4.78, 5) is 31.6. The normalized spacial score (nSPS) is 16.4. The van der Waals surface area contributed by atoms with Crippen molar-refractivity contribution in [1.29, 1.82) is 0 Å². The maximum atomic E-state index is 12.4. The molecule has 1 fully saturated rings. The summed E-state index contributed by atoms with van der Waals surface area (Å²) in [5.74, 6) is 1.11. The Hall–Kier alpha value is -2.58. The number of carbonyl (C=O) groups excluding carboxylic acids is 2. The predicted molar refractivity (Wildman–Crippen MR) is 104 cm³/mol. The minimum atomic E-state index is -0.181. The lowest BCUT2D eigenvalue weighted by molar-refractivity contribution is -0.113. The zero-order chi connectivity index (χ0) is 18.6. The first kappa shape index (κ1) is 17.8. The van der Waals surface area contributed by atoms with E-state index in [0.717, 1.165) is 42.6 Å². The van der Waals surface area contributed by atoms with E-state index in [2.05, 4.69) is 20.5 Å². The molecule has 0 aliphatic carbocycles. The zero-order valence-corrected chi connectivity index (χ0v) is 15.6. The van der Waals surface area contributed by atoms with Crippen LogP contribution in [0.25, 0.3) is 0 Å². The van der Waals surface area contributed by atoms with Gasteiger partial charge in [0.1, 0.15) is 5.82 Å². The third kappa shape index (κ3) is 4.23. The standard InChI is InChI=1S/C19H20N4O3S/c24-18-12-27-16-3-2-14(9-15(16)22-18)19(25)21-11-13-1-4-17(20-10-13)23-5-7-26-8-6-23/h1-4,9-10H,5-8,11-12H2,(H,21,25)(H,22,24). The number of amides is 2. The Balaban J connectivity index is 1.36. The van der Waals surface area contributed by atoms with Gasteiger partial charge in [-0.1, -0.05) is 6.07 Å². The van der Waals surface area contributed by atoms with Crippen LogP contribution in [-0.4, -0.2) is 48.9 Å². The van der Waals surface area contributed by atoms with Crippen LogP contribution in [0.3, 0.4) is 0 Å². The maximum Gasteiger partial charge on any atom is 0.251 e. The van der Waals surface area contributed by atoms with Gasteiger partial charge in [-0.05, 0) is 29.8 Å². The van der Waals surface area contributed by atoms with E-state index >= 15 is 0 Å². The highest BCUT2D eigenvalue weighted by molar-refractivity contribution is 8.00. The van der Waals surface area contributed by atoms with Crippen molar-refractivity contribution >= 4 is 35.1 Å². The molecular formula is C19H20N4O3S. The van der Waals surface area contributed by atoms with E-state index in [1.54, 1.807) is 18.3 Å². The van der Waals surface area contributed by atoms with E-state index in [9.17, 15) is 9.59 Å². The molecule has 0 radical (unpaired) electrons. The molecule has 1 saturated heterocycles. The molecule has 2 aliphatic rings. The monoisotopic (exact) mass is 384 g/mol. The van der Waals surface area contributed by atoms with Crippen molar-refractivity contribution in [2.75, 3.05) is 42.3 Å². The molecule has 2 aliphatic heterocycles. The average Bonchev–Trinajstić information content (AvgIpc) is 2.72. The number of ether oxygens (including phenoxy) is 1. The number of thioether (sulfide) groups is 1. The minimum Gasteiger partial charge on any atom is -0.378 e.